The Balaban J connectivity index is 2.14. The van der Waals surface area contributed by atoms with Crippen molar-refractivity contribution < 1.29 is 8.42 Å². The highest BCUT2D eigenvalue weighted by Gasteiger charge is 2.23. The number of nitrogens with one attached hydrogen (secondary N) is 1. The fourth-order valence-corrected chi connectivity index (χ4v) is 5.22. The number of benzene rings is 1. The molecule has 26 heavy (non-hydrogen) atoms. The van der Waals surface area contributed by atoms with Gasteiger partial charge < -0.3 is 0 Å². The van der Waals surface area contributed by atoms with Gasteiger partial charge in [0.25, 0.3) is 0 Å². The molecular weight excluding hydrogens is 414 g/mol. The fraction of sp³-hybridized carbons (Fsp3) is 0.526. The zero-order chi connectivity index (χ0) is 19.8. The first kappa shape index (κ1) is 21.1. The maximum Gasteiger partial charge on any atom is 0.241 e. The molecule has 7 heteroatoms. The smallest absolute Gasteiger partial charge is 0.241 e. The third-order valence-corrected chi connectivity index (χ3v) is 8.21. The molecule has 0 aliphatic heterocycles. The van der Waals surface area contributed by atoms with Crippen LogP contribution in [0.25, 0.3) is 0 Å². The second kappa shape index (κ2) is 7.82. The summed E-state index contributed by atoms with van der Waals surface area (Å²) >= 11 is 3.51. The second-order valence-electron chi connectivity index (χ2n) is 6.91. The summed E-state index contributed by atoms with van der Waals surface area (Å²) in [6, 6.07) is 0. The molecule has 0 spiro atoms. The number of halogens is 1. The van der Waals surface area contributed by atoms with Gasteiger partial charge in [-0.15, -0.1) is 0 Å². The molecule has 0 bridgehead atoms. The van der Waals surface area contributed by atoms with E-state index in [9.17, 15) is 8.42 Å². The first-order valence-corrected chi connectivity index (χ1v) is 11.0. The molecule has 0 unspecified atom stereocenters. The van der Waals surface area contributed by atoms with Crippen LogP contribution in [0.1, 0.15) is 45.6 Å². The van der Waals surface area contributed by atoms with Gasteiger partial charge in [-0.2, -0.15) is 5.10 Å². The van der Waals surface area contributed by atoms with E-state index in [-0.39, 0.29) is 0 Å². The Morgan fingerprint density at radius 2 is 1.42 bits per heavy atom. The lowest BCUT2D eigenvalue weighted by Crippen LogP contribution is -2.27. The van der Waals surface area contributed by atoms with E-state index in [1.165, 1.54) is 0 Å². The molecule has 144 valence electrons. The first-order valence-electron chi connectivity index (χ1n) is 8.75. The number of hydrogen-bond donors (Lipinski definition) is 1. The zero-order valence-corrected chi connectivity index (χ0v) is 19.0. The van der Waals surface area contributed by atoms with E-state index in [0.717, 1.165) is 43.7 Å². The van der Waals surface area contributed by atoms with Crippen molar-refractivity contribution in [1.29, 1.82) is 0 Å². The molecule has 1 heterocycles. The minimum atomic E-state index is -3.54. The Morgan fingerprint density at radius 1 is 0.923 bits per heavy atom. The van der Waals surface area contributed by atoms with Crippen LogP contribution in [-0.4, -0.2) is 24.7 Å². The van der Waals surface area contributed by atoms with Crippen LogP contribution in [0.3, 0.4) is 0 Å². The number of aryl methyl sites for hydroxylation is 2. The van der Waals surface area contributed by atoms with E-state index < -0.39 is 10.0 Å². The second-order valence-corrected chi connectivity index (χ2v) is 9.41. The average molecular weight is 442 g/mol. The molecule has 2 rings (SSSR count). The molecule has 0 aliphatic rings. The van der Waals surface area contributed by atoms with Crippen molar-refractivity contribution in [3.8, 4) is 0 Å². The van der Waals surface area contributed by atoms with Gasteiger partial charge in [0.2, 0.25) is 10.0 Å². The van der Waals surface area contributed by atoms with Gasteiger partial charge in [0.1, 0.15) is 0 Å². The average Bonchev–Trinajstić information content (AvgIpc) is 2.82. The summed E-state index contributed by atoms with van der Waals surface area (Å²) in [5, 5.41) is 4.46. The van der Waals surface area contributed by atoms with Gasteiger partial charge in [-0.3, -0.25) is 4.68 Å². The standard InChI is InChI=1S/C19H28BrN3O2S/c1-11-12(2)14(4)19(15(5)13(11)3)26(24,25)21-9-8-10-23-17(7)18(20)16(6)22-23/h21H,8-10H2,1-7H3. The summed E-state index contributed by atoms with van der Waals surface area (Å²) in [5.74, 6) is 0. The molecule has 0 aliphatic carbocycles. The fourth-order valence-electron chi connectivity index (χ4n) is 3.27. The van der Waals surface area contributed by atoms with Gasteiger partial charge in [-0.25, -0.2) is 13.1 Å². The van der Waals surface area contributed by atoms with Crippen LogP contribution in [0.5, 0.6) is 0 Å². The molecule has 1 N–H and O–H groups in total. The normalized spacial score (nSPS) is 12.0. The lowest BCUT2D eigenvalue weighted by molar-refractivity contribution is 0.543. The van der Waals surface area contributed by atoms with Crippen molar-refractivity contribution >= 4 is 26.0 Å². The summed E-state index contributed by atoms with van der Waals surface area (Å²) in [4.78, 5) is 0.423. The SMILES string of the molecule is Cc1nn(CCCNS(=O)(=O)c2c(C)c(C)c(C)c(C)c2C)c(C)c1Br. The van der Waals surface area contributed by atoms with Crippen molar-refractivity contribution in [2.24, 2.45) is 0 Å². The van der Waals surface area contributed by atoms with Gasteiger partial charge in [-0.05, 0) is 98.6 Å². The van der Waals surface area contributed by atoms with Crippen LogP contribution in [0.2, 0.25) is 0 Å². The Labute approximate surface area is 165 Å². The lowest BCUT2D eigenvalue weighted by Gasteiger charge is -2.19. The van der Waals surface area contributed by atoms with Crippen LogP contribution in [0.4, 0.5) is 0 Å². The van der Waals surface area contributed by atoms with Crippen LogP contribution in [0.15, 0.2) is 9.37 Å². The molecule has 0 amide bonds. The van der Waals surface area contributed by atoms with Gasteiger partial charge in [0.15, 0.2) is 0 Å². The molecular formula is C19H28BrN3O2S. The quantitative estimate of drug-likeness (QED) is 0.683. The number of hydrogen-bond acceptors (Lipinski definition) is 3. The van der Waals surface area contributed by atoms with E-state index in [2.05, 4.69) is 25.8 Å². The Kier molecular flexibility index (Phi) is 6.36. The van der Waals surface area contributed by atoms with Crippen LogP contribution < -0.4 is 4.72 Å². The largest absolute Gasteiger partial charge is 0.268 e. The minimum absolute atomic E-state index is 0.378. The highest BCUT2D eigenvalue weighted by molar-refractivity contribution is 9.10. The highest BCUT2D eigenvalue weighted by Crippen LogP contribution is 2.29. The predicted octanol–water partition coefficient (Wildman–Crippen LogP) is 4.17. The van der Waals surface area contributed by atoms with E-state index in [0.29, 0.717) is 24.4 Å². The van der Waals surface area contributed by atoms with Crippen LogP contribution >= 0.6 is 15.9 Å². The molecule has 0 radical (unpaired) electrons. The van der Waals surface area contributed by atoms with Crippen molar-refractivity contribution in [2.45, 2.75) is 66.3 Å². The monoisotopic (exact) mass is 441 g/mol. The zero-order valence-electron chi connectivity index (χ0n) is 16.6. The van der Waals surface area contributed by atoms with Crippen LogP contribution in [0, 0.1) is 48.5 Å². The lowest BCUT2D eigenvalue weighted by atomic mass is 9.95. The van der Waals surface area contributed by atoms with Crippen molar-refractivity contribution in [2.75, 3.05) is 6.54 Å². The van der Waals surface area contributed by atoms with E-state index in [1.54, 1.807) is 0 Å². The first-order chi connectivity index (χ1) is 12.0. The third-order valence-electron chi connectivity index (χ3n) is 5.33. The predicted molar refractivity (Wildman–Crippen MR) is 109 cm³/mol. The molecule has 0 saturated carbocycles. The molecule has 2 aromatic rings. The number of nitrogens with zero attached hydrogens (tertiary/aromatic N) is 2. The summed E-state index contributed by atoms with van der Waals surface area (Å²) in [6.07, 6.45) is 0.676. The van der Waals surface area contributed by atoms with Crippen molar-refractivity contribution in [1.82, 2.24) is 14.5 Å². The molecule has 1 aromatic heterocycles. The Bertz CT molecular complexity index is 917. The van der Waals surface area contributed by atoms with Crippen molar-refractivity contribution in [3.05, 3.63) is 43.7 Å². The third kappa shape index (κ3) is 3.89. The summed E-state index contributed by atoms with van der Waals surface area (Å²) in [7, 11) is -3.54. The van der Waals surface area contributed by atoms with Gasteiger partial charge in [0, 0.05) is 18.8 Å². The number of rotatable bonds is 6. The molecule has 5 nitrogen and oxygen atoms in total. The maximum absolute atomic E-state index is 12.9. The van der Waals surface area contributed by atoms with Gasteiger partial charge in [0.05, 0.1) is 15.1 Å². The maximum atomic E-state index is 12.9. The molecule has 0 saturated heterocycles. The van der Waals surface area contributed by atoms with E-state index in [4.69, 9.17) is 0 Å². The van der Waals surface area contributed by atoms with Crippen LogP contribution in [-0.2, 0) is 16.6 Å². The molecule has 1 aromatic carbocycles. The number of sulfonamides is 1. The van der Waals surface area contributed by atoms with E-state index in [1.807, 2.05) is 53.1 Å². The minimum Gasteiger partial charge on any atom is -0.268 e. The summed E-state index contributed by atoms with van der Waals surface area (Å²) in [5.41, 5.74) is 6.92. The van der Waals surface area contributed by atoms with E-state index >= 15 is 0 Å². The molecule has 0 atom stereocenters. The van der Waals surface area contributed by atoms with Gasteiger partial charge in [-0.1, -0.05) is 0 Å². The summed E-state index contributed by atoms with van der Waals surface area (Å²) < 4.78 is 31.4. The Hall–Kier alpha value is -1.18. The Morgan fingerprint density at radius 3 is 1.88 bits per heavy atom. The highest BCUT2D eigenvalue weighted by atomic mass is 79.9. The molecule has 0 fully saturated rings. The topological polar surface area (TPSA) is 64.0 Å². The summed E-state index contributed by atoms with van der Waals surface area (Å²) in [6.45, 7) is 14.8. The van der Waals surface area contributed by atoms with Crippen molar-refractivity contribution in [3.63, 3.8) is 0 Å². The van der Waals surface area contributed by atoms with Gasteiger partial charge >= 0.3 is 0 Å². The number of aromatic nitrogens is 2.